The fourth-order valence-corrected chi connectivity index (χ4v) is 3.31. The number of ether oxygens (including phenoxy) is 3. The van der Waals surface area contributed by atoms with Crippen molar-refractivity contribution < 1.29 is 23.4 Å². The van der Waals surface area contributed by atoms with E-state index in [1.54, 1.807) is 26.4 Å². The van der Waals surface area contributed by atoms with Crippen LogP contribution in [0.15, 0.2) is 59.0 Å². The van der Waals surface area contributed by atoms with Crippen molar-refractivity contribution in [1.82, 2.24) is 5.32 Å². The summed E-state index contributed by atoms with van der Waals surface area (Å²) in [6.45, 7) is 2.82. The molecule has 0 bridgehead atoms. The maximum Gasteiger partial charge on any atom is 0.287 e. The van der Waals surface area contributed by atoms with Crippen molar-refractivity contribution in [3.8, 4) is 17.2 Å². The number of rotatable bonds is 11. The van der Waals surface area contributed by atoms with Gasteiger partial charge in [0.25, 0.3) is 5.91 Å². The molecule has 6 nitrogen and oxygen atoms in total. The van der Waals surface area contributed by atoms with Crippen LogP contribution in [0.25, 0.3) is 0 Å². The van der Waals surface area contributed by atoms with E-state index in [1.165, 1.54) is 5.56 Å². The molecule has 1 aromatic heterocycles. The molecule has 0 fully saturated rings. The lowest BCUT2D eigenvalue weighted by atomic mass is 10.1. The minimum absolute atomic E-state index is 0.206. The van der Waals surface area contributed by atoms with E-state index in [4.69, 9.17) is 18.6 Å². The number of carbonyl (C=O) groups is 1. The van der Waals surface area contributed by atoms with Crippen LogP contribution >= 0.6 is 0 Å². The van der Waals surface area contributed by atoms with Gasteiger partial charge in [0.05, 0.1) is 14.2 Å². The van der Waals surface area contributed by atoms with Gasteiger partial charge in [0.15, 0.2) is 17.3 Å². The minimum atomic E-state index is -0.261. The maximum absolute atomic E-state index is 12.4. The van der Waals surface area contributed by atoms with Gasteiger partial charge in [0, 0.05) is 6.54 Å². The summed E-state index contributed by atoms with van der Waals surface area (Å²) in [5.74, 6) is 2.70. The third-order valence-electron chi connectivity index (χ3n) is 4.89. The summed E-state index contributed by atoms with van der Waals surface area (Å²) in [5, 5.41) is 2.87. The van der Waals surface area contributed by atoms with Crippen molar-refractivity contribution in [3.05, 3.63) is 77.2 Å². The summed E-state index contributed by atoms with van der Waals surface area (Å²) in [7, 11) is 3.26. The average Bonchev–Trinajstić information content (AvgIpc) is 3.28. The molecule has 31 heavy (non-hydrogen) atoms. The number of aryl methyl sites for hydroxylation is 1. The van der Waals surface area contributed by atoms with Gasteiger partial charge in [-0.2, -0.15) is 0 Å². The smallest absolute Gasteiger partial charge is 0.287 e. The molecular weight excluding hydrogens is 394 g/mol. The molecule has 1 amide bonds. The summed E-state index contributed by atoms with van der Waals surface area (Å²) >= 11 is 0. The van der Waals surface area contributed by atoms with Gasteiger partial charge >= 0.3 is 0 Å². The van der Waals surface area contributed by atoms with E-state index in [9.17, 15) is 4.79 Å². The molecule has 0 radical (unpaired) electrons. The van der Waals surface area contributed by atoms with E-state index in [2.05, 4.69) is 12.2 Å². The third-order valence-corrected chi connectivity index (χ3v) is 4.89. The molecule has 0 aliphatic rings. The van der Waals surface area contributed by atoms with Crippen molar-refractivity contribution in [2.75, 3.05) is 20.8 Å². The average molecular weight is 424 g/mol. The molecule has 0 aliphatic carbocycles. The van der Waals surface area contributed by atoms with E-state index >= 15 is 0 Å². The van der Waals surface area contributed by atoms with Gasteiger partial charge in [-0.3, -0.25) is 4.79 Å². The third kappa shape index (κ3) is 6.04. The highest BCUT2D eigenvalue weighted by Gasteiger charge is 2.13. The Balaban J connectivity index is 1.52. The molecule has 6 heteroatoms. The van der Waals surface area contributed by atoms with Gasteiger partial charge in [0.1, 0.15) is 18.1 Å². The topological polar surface area (TPSA) is 69.9 Å². The number of nitrogens with one attached hydrogen (secondary N) is 1. The molecule has 2 aromatic carbocycles. The second-order valence-electron chi connectivity index (χ2n) is 7.11. The van der Waals surface area contributed by atoms with Crippen LogP contribution in [0.2, 0.25) is 0 Å². The van der Waals surface area contributed by atoms with E-state index in [-0.39, 0.29) is 18.3 Å². The zero-order chi connectivity index (χ0) is 22.1. The van der Waals surface area contributed by atoms with Crippen molar-refractivity contribution >= 4 is 5.91 Å². The van der Waals surface area contributed by atoms with Crippen LogP contribution in [0.1, 0.15) is 40.8 Å². The van der Waals surface area contributed by atoms with Gasteiger partial charge < -0.3 is 23.9 Å². The number of hydrogen-bond acceptors (Lipinski definition) is 5. The summed E-state index contributed by atoms with van der Waals surface area (Å²) in [6.07, 6.45) is 2.73. The second-order valence-corrected chi connectivity index (χ2v) is 7.11. The number of amides is 1. The van der Waals surface area contributed by atoms with Crippen LogP contribution in [-0.2, 0) is 19.4 Å². The lowest BCUT2D eigenvalue weighted by Gasteiger charge is -2.11. The fourth-order valence-electron chi connectivity index (χ4n) is 3.31. The maximum atomic E-state index is 12.4. The number of carbonyl (C=O) groups excluding carboxylic acids is 1. The Morgan fingerprint density at radius 2 is 1.74 bits per heavy atom. The molecule has 0 aliphatic heterocycles. The predicted octanol–water partition coefficient (Wildman–Crippen LogP) is 4.80. The van der Waals surface area contributed by atoms with Crippen LogP contribution in [0.5, 0.6) is 17.2 Å². The minimum Gasteiger partial charge on any atom is -0.496 e. The van der Waals surface area contributed by atoms with Gasteiger partial charge in [-0.25, -0.2) is 0 Å². The summed E-state index contributed by atoms with van der Waals surface area (Å²) in [4.78, 5) is 12.4. The number of benzene rings is 2. The van der Waals surface area contributed by atoms with Crippen LogP contribution < -0.4 is 19.5 Å². The molecule has 0 unspecified atom stereocenters. The van der Waals surface area contributed by atoms with Gasteiger partial charge in [-0.15, -0.1) is 0 Å². The first kappa shape index (κ1) is 22.3. The highest BCUT2D eigenvalue weighted by Crippen LogP contribution is 2.29. The number of methoxy groups -OCH3 is 2. The zero-order valence-electron chi connectivity index (χ0n) is 18.3. The standard InChI is InChI=1S/C25H29NO5/c1-4-7-18-10-12-22(24(16-18)29-3)30-17-20-11-13-23(31-20)25(27)26-15-14-19-8-5-6-9-21(19)28-2/h5-6,8-13,16H,4,7,14-15,17H2,1-3H3,(H,26,27). The molecule has 0 saturated heterocycles. The predicted molar refractivity (Wildman–Crippen MR) is 119 cm³/mol. The normalized spacial score (nSPS) is 10.5. The first-order valence-electron chi connectivity index (χ1n) is 10.4. The van der Waals surface area contributed by atoms with Crippen LogP contribution in [-0.4, -0.2) is 26.7 Å². The van der Waals surface area contributed by atoms with E-state index < -0.39 is 0 Å². The Hall–Kier alpha value is -3.41. The Morgan fingerprint density at radius 3 is 2.52 bits per heavy atom. The zero-order valence-corrected chi connectivity index (χ0v) is 18.3. The van der Waals surface area contributed by atoms with Crippen molar-refractivity contribution in [3.63, 3.8) is 0 Å². The van der Waals surface area contributed by atoms with E-state index in [0.29, 0.717) is 30.2 Å². The largest absolute Gasteiger partial charge is 0.496 e. The number of hydrogen-bond donors (Lipinski definition) is 1. The molecule has 1 N–H and O–H groups in total. The van der Waals surface area contributed by atoms with Gasteiger partial charge in [0.2, 0.25) is 0 Å². The molecule has 0 spiro atoms. The van der Waals surface area contributed by atoms with Gasteiger partial charge in [-0.05, 0) is 54.3 Å². The first-order chi connectivity index (χ1) is 15.1. The number of para-hydroxylation sites is 1. The molecule has 3 aromatic rings. The Bertz CT molecular complexity index is 995. The quantitative estimate of drug-likeness (QED) is 0.480. The molecular formula is C25H29NO5. The Labute approximate surface area is 183 Å². The summed E-state index contributed by atoms with van der Waals surface area (Å²) in [6, 6.07) is 17.1. The molecule has 164 valence electrons. The highest BCUT2D eigenvalue weighted by atomic mass is 16.5. The lowest BCUT2D eigenvalue weighted by Crippen LogP contribution is -2.25. The van der Waals surface area contributed by atoms with Crippen molar-refractivity contribution in [1.29, 1.82) is 0 Å². The van der Waals surface area contributed by atoms with Crippen molar-refractivity contribution in [2.45, 2.75) is 32.8 Å². The van der Waals surface area contributed by atoms with Crippen molar-refractivity contribution in [2.24, 2.45) is 0 Å². The van der Waals surface area contributed by atoms with Gasteiger partial charge in [-0.1, -0.05) is 37.6 Å². The highest BCUT2D eigenvalue weighted by molar-refractivity contribution is 5.91. The molecule has 1 heterocycles. The first-order valence-corrected chi connectivity index (χ1v) is 10.4. The summed E-state index contributed by atoms with van der Waals surface area (Å²) < 4.78 is 22.3. The molecule has 3 rings (SSSR count). The van der Waals surface area contributed by atoms with E-state index in [0.717, 1.165) is 24.2 Å². The fraction of sp³-hybridized carbons (Fsp3) is 0.320. The second kappa shape index (κ2) is 11.1. The van der Waals surface area contributed by atoms with Crippen LogP contribution in [0.3, 0.4) is 0 Å². The Morgan fingerprint density at radius 1 is 0.935 bits per heavy atom. The molecule has 0 atom stereocenters. The lowest BCUT2D eigenvalue weighted by molar-refractivity contribution is 0.0922. The van der Waals surface area contributed by atoms with E-state index in [1.807, 2.05) is 42.5 Å². The SMILES string of the molecule is CCCc1ccc(OCc2ccc(C(=O)NCCc3ccccc3OC)o2)c(OC)c1. The van der Waals surface area contributed by atoms with Crippen LogP contribution in [0, 0.1) is 0 Å². The Kier molecular flexibility index (Phi) is 7.98. The monoisotopic (exact) mass is 423 g/mol. The molecule has 0 saturated carbocycles. The van der Waals surface area contributed by atoms with Crippen LogP contribution in [0.4, 0.5) is 0 Å². The summed E-state index contributed by atoms with van der Waals surface area (Å²) in [5.41, 5.74) is 2.24. The number of furan rings is 1.